The van der Waals surface area contributed by atoms with Crippen LogP contribution in [-0.2, 0) is 4.74 Å². The maximum atomic E-state index is 11.5. The standard InChI is InChI=1S/C16H23NO2/c1-2-16(18)14-6-8-15(9-7-14)17-10-3-11-19-12-13-4-5-13/h6-9,13,17H,2-5,10-12H2,1H3. The van der Waals surface area contributed by atoms with Crippen molar-refractivity contribution in [3.05, 3.63) is 29.8 Å². The summed E-state index contributed by atoms with van der Waals surface area (Å²) in [6.07, 6.45) is 4.27. The molecule has 1 saturated carbocycles. The number of carbonyl (C=O) groups is 1. The minimum absolute atomic E-state index is 0.194. The zero-order valence-electron chi connectivity index (χ0n) is 11.7. The van der Waals surface area contributed by atoms with E-state index in [1.807, 2.05) is 31.2 Å². The van der Waals surface area contributed by atoms with Crippen LogP contribution in [0.4, 0.5) is 5.69 Å². The molecule has 2 rings (SSSR count). The highest BCUT2D eigenvalue weighted by atomic mass is 16.5. The lowest BCUT2D eigenvalue weighted by Crippen LogP contribution is -2.07. The Labute approximate surface area is 115 Å². The molecule has 1 aromatic carbocycles. The quantitative estimate of drug-likeness (QED) is 0.546. The number of Topliss-reactive ketones (excluding diaryl/α,β-unsaturated/α-hetero) is 1. The lowest BCUT2D eigenvalue weighted by atomic mass is 10.1. The van der Waals surface area contributed by atoms with Crippen molar-refractivity contribution in [3.63, 3.8) is 0 Å². The average molecular weight is 261 g/mol. The summed E-state index contributed by atoms with van der Waals surface area (Å²) in [6.45, 7) is 4.56. The van der Waals surface area contributed by atoms with Gasteiger partial charge in [0.15, 0.2) is 5.78 Å². The lowest BCUT2D eigenvalue weighted by Gasteiger charge is -2.07. The minimum atomic E-state index is 0.194. The van der Waals surface area contributed by atoms with E-state index in [2.05, 4.69) is 5.32 Å². The van der Waals surface area contributed by atoms with Gasteiger partial charge in [-0.25, -0.2) is 0 Å². The van der Waals surface area contributed by atoms with Crippen LogP contribution in [0.5, 0.6) is 0 Å². The number of benzene rings is 1. The van der Waals surface area contributed by atoms with Crippen LogP contribution >= 0.6 is 0 Å². The molecular weight excluding hydrogens is 238 g/mol. The summed E-state index contributed by atoms with van der Waals surface area (Å²) in [5, 5.41) is 3.34. The molecule has 0 unspecified atom stereocenters. The van der Waals surface area contributed by atoms with Crippen molar-refractivity contribution in [1.29, 1.82) is 0 Å². The Morgan fingerprint density at radius 2 is 2.05 bits per heavy atom. The second-order valence-electron chi connectivity index (χ2n) is 5.15. The highest BCUT2D eigenvalue weighted by Crippen LogP contribution is 2.28. The van der Waals surface area contributed by atoms with E-state index in [0.29, 0.717) is 6.42 Å². The third-order valence-electron chi connectivity index (χ3n) is 3.37. The van der Waals surface area contributed by atoms with Crippen molar-refractivity contribution in [2.24, 2.45) is 5.92 Å². The Bertz CT molecular complexity index is 396. The van der Waals surface area contributed by atoms with Crippen LogP contribution in [0.3, 0.4) is 0 Å². The van der Waals surface area contributed by atoms with Crippen molar-refractivity contribution in [3.8, 4) is 0 Å². The predicted octanol–water partition coefficient (Wildman–Crippen LogP) is 3.51. The Kier molecular flexibility index (Phi) is 5.40. The monoisotopic (exact) mass is 261 g/mol. The molecule has 0 aromatic heterocycles. The summed E-state index contributed by atoms with van der Waals surface area (Å²) in [5.41, 5.74) is 1.86. The number of ketones is 1. The molecule has 0 radical (unpaired) electrons. The Balaban J connectivity index is 1.60. The molecule has 0 aliphatic heterocycles. The summed E-state index contributed by atoms with van der Waals surface area (Å²) in [6, 6.07) is 7.71. The Hall–Kier alpha value is -1.35. The molecule has 1 N–H and O–H groups in total. The van der Waals surface area contributed by atoms with Crippen LogP contribution in [0.1, 0.15) is 43.0 Å². The van der Waals surface area contributed by atoms with Crippen LogP contribution in [0.15, 0.2) is 24.3 Å². The van der Waals surface area contributed by atoms with Gasteiger partial charge in [0.1, 0.15) is 0 Å². The molecule has 1 aliphatic rings. The molecule has 19 heavy (non-hydrogen) atoms. The van der Waals surface area contributed by atoms with Crippen LogP contribution in [0.25, 0.3) is 0 Å². The zero-order valence-corrected chi connectivity index (χ0v) is 11.7. The van der Waals surface area contributed by atoms with Crippen molar-refractivity contribution >= 4 is 11.5 Å². The van der Waals surface area contributed by atoms with Gasteiger partial charge in [-0.3, -0.25) is 4.79 Å². The zero-order chi connectivity index (χ0) is 13.5. The highest BCUT2D eigenvalue weighted by molar-refractivity contribution is 5.96. The molecule has 0 saturated heterocycles. The topological polar surface area (TPSA) is 38.3 Å². The number of hydrogen-bond acceptors (Lipinski definition) is 3. The first kappa shape index (κ1) is 14.1. The molecule has 1 fully saturated rings. The van der Waals surface area contributed by atoms with E-state index in [-0.39, 0.29) is 5.78 Å². The van der Waals surface area contributed by atoms with Gasteiger partial charge in [0.05, 0.1) is 0 Å². The first-order valence-corrected chi connectivity index (χ1v) is 7.24. The fourth-order valence-electron chi connectivity index (χ4n) is 1.92. The third kappa shape index (κ3) is 5.03. The van der Waals surface area contributed by atoms with Gasteiger partial charge in [-0.15, -0.1) is 0 Å². The van der Waals surface area contributed by atoms with E-state index in [1.165, 1.54) is 12.8 Å². The smallest absolute Gasteiger partial charge is 0.162 e. The van der Waals surface area contributed by atoms with Crippen LogP contribution in [-0.4, -0.2) is 25.5 Å². The van der Waals surface area contributed by atoms with Gasteiger partial charge in [-0.2, -0.15) is 0 Å². The van der Waals surface area contributed by atoms with Gasteiger partial charge in [0, 0.05) is 37.4 Å². The van der Waals surface area contributed by atoms with Crippen LogP contribution < -0.4 is 5.32 Å². The number of rotatable bonds is 9. The molecule has 104 valence electrons. The highest BCUT2D eigenvalue weighted by Gasteiger charge is 2.20. The summed E-state index contributed by atoms with van der Waals surface area (Å²) in [5.74, 6) is 1.04. The van der Waals surface area contributed by atoms with Gasteiger partial charge in [0.25, 0.3) is 0 Å². The molecule has 0 amide bonds. The third-order valence-corrected chi connectivity index (χ3v) is 3.37. The fraction of sp³-hybridized carbons (Fsp3) is 0.562. The molecule has 0 atom stereocenters. The maximum Gasteiger partial charge on any atom is 0.162 e. The fourth-order valence-corrected chi connectivity index (χ4v) is 1.92. The molecule has 0 bridgehead atoms. The van der Waals surface area contributed by atoms with Gasteiger partial charge in [0.2, 0.25) is 0 Å². The van der Waals surface area contributed by atoms with Crippen molar-refractivity contribution in [2.75, 3.05) is 25.1 Å². The minimum Gasteiger partial charge on any atom is -0.385 e. The van der Waals surface area contributed by atoms with Crippen LogP contribution in [0.2, 0.25) is 0 Å². The summed E-state index contributed by atoms with van der Waals surface area (Å²) in [4.78, 5) is 11.5. The number of nitrogens with one attached hydrogen (secondary N) is 1. The van der Waals surface area contributed by atoms with E-state index >= 15 is 0 Å². The van der Waals surface area contributed by atoms with Crippen molar-refractivity contribution in [1.82, 2.24) is 0 Å². The number of ether oxygens (including phenoxy) is 1. The normalized spacial score (nSPS) is 14.4. The molecule has 0 spiro atoms. The second-order valence-corrected chi connectivity index (χ2v) is 5.15. The molecule has 1 aromatic rings. The molecule has 1 aliphatic carbocycles. The van der Waals surface area contributed by atoms with Gasteiger partial charge >= 0.3 is 0 Å². The number of anilines is 1. The SMILES string of the molecule is CCC(=O)c1ccc(NCCCOCC2CC2)cc1. The maximum absolute atomic E-state index is 11.5. The average Bonchev–Trinajstić information content (AvgIpc) is 3.26. The second kappa shape index (κ2) is 7.29. The molecule has 3 heteroatoms. The molecule has 3 nitrogen and oxygen atoms in total. The summed E-state index contributed by atoms with van der Waals surface area (Å²) >= 11 is 0. The van der Waals surface area contributed by atoms with E-state index < -0.39 is 0 Å². The van der Waals surface area contributed by atoms with Crippen molar-refractivity contribution < 1.29 is 9.53 Å². The molecular formula is C16H23NO2. The van der Waals surface area contributed by atoms with Gasteiger partial charge < -0.3 is 10.1 Å². The van der Waals surface area contributed by atoms with E-state index in [1.54, 1.807) is 0 Å². The van der Waals surface area contributed by atoms with E-state index in [4.69, 9.17) is 4.74 Å². The Morgan fingerprint density at radius 1 is 1.32 bits per heavy atom. The molecule has 0 heterocycles. The lowest BCUT2D eigenvalue weighted by molar-refractivity contribution is 0.0988. The largest absolute Gasteiger partial charge is 0.385 e. The van der Waals surface area contributed by atoms with E-state index in [9.17, 15) is 4.79 Å². The predicted molar refractivity (Wildman–Crippen MR) is 77.7 cm³/mol. The van der Waals surface area contributed by atoms with Gasteiger partial charge in [-0.05, 0) is 49.4 Å². The summed E-state index contributed by atoms with van der Waals surface area (Å²) < 4.78 is 5.58. The van der Waals surface area contributed by atoms with Gasteiger partial charge in [-0.1, -0.05) is 6.92 Å². The van der Waals surface area contributed by atoms with Crippen molar-refractivity contribution in [2.45, 2.75) is 32.6 Å². The first-order chi connectivity index (χ1) is 9.29. The van der Waals surface area contributed by atoms with Crippen LogP contribution in [0, 0.1) is 5.92 Å². The summed E-state index contributed by atoms with van der Waals surface area (Å²) in [7, 11) is 0. The van der Waals surface area contributed by atoms with E-state index in [0.717, 1.165) is 43.3 Å². The Morgan fingerprint density at radius 3 is 2.68 bits per heavy atom. The number of hydrogen-bond donors (Lipinski definition) is 1. The first-order valence-electron chi connectivity index (χ1n) is 7.24. The number of carbonyl (C=O) groups excluding carboxylic acids is 1.